The van der Waals surface area contributed by atoms with Crippen molar-refractivity contribution < 1.29 is 4.79 Å². The van der Waals surface area contributed by atoms with Gasteiger partial charge in [0.25, 0.3) is 0 Å². The minimum absolute atomic E-state index is 0.0422. The molecule has 118 valence electrons. The van der Waals surface area contributed by atoms with E-state index in [4.69, 9.17) is 0 Å². The van der Waals surface area contributed by atoms with Crippen molar-refractivity contribution in [3.63, 3.8) is 0 Å². The normalized spacial score (nSPS) is 21.0. The highest BCUT2D eigenvalue weighted by atomic mass is 32.1. The Labute approximate surface area is 130 Å². The zero-order valence-electron chi connectivity index (χ0n) is 13.3. The fraction of sp³-hybridized carbons (Fsp3) is 0.733. The third-order valence-electron chi connectivity index (χ3n) is 3.63. The number of nitrogens with zero attached hydrogens (tertiary/aromatic N) is 1. The van der Waals surface area contributed by atoms with Gasteiger partial charge >= 0.3 is 6.03 Å². The highest BCUT2D eigenvalue weighted by molar-refractivity contribution is 7.09. The zero-order chi connectivity index (χ0) is 15.5. The van der Waals surface area contributed by atoms with E-state index in [1.165, 1.54) is 0 Å². The molecule has 0 atom stereocenters. The van der Waals surface area contributed by atoms with Gasteiger partial charge in [0.2, 0.25) is 0 Å². The summed E-state index contributed by atoms with van der Waals surface area (Å²) in [4.78, 5) is 16.2. The summed E-state index contributed by atoms with van der Waals surface area (Å²) in [6, 6.07) is 0.126. The number of hydrogen-bond donors (Lipinski definition) is 3. The van der Waals surface area contributed by atoms with Crippen LogP contribution in [0.1, 0.15) is 45.5 Å². The Kier molecular flexibility index (Phi) is 4.88. The fourth-order valence-corrected chi connectivity index (χ4v) is 3.94. The summed E-state index contributed by atoms with van der Waals surface area (Å²) in [7, 11) is 0. The smallest absolute Gasteiger partial charge is 0.315 e. The van der Waals surface area contributed by atoms with E-state index in [2.05, 4.69) is 48.6 Å². The maximum Gasteiger partial charge on any atom is 0.315 e. The van der Waals surface area contributed by atoms with Gasteiger partial charge < -0.3 is 16.0 Å². The number of piperidine rings is 1. The van der Waals surface area contributed by atoms with Crippen LogP contribution < -0.4 is 16.0 Å². The molecule has 0 radical (unpaired) electrons. The summed E-state index contributed by atoms with van der Waals surface area (Å²) >= 11 is 1.62. The van der Waals surface area contributed by atoms with Crippen molar-refractivity contribution in [1.29, 1.82) is 0 Å². The SMILES string of the molecule is CC1(C)CC(NC(=O)NCCc2nccs2)CC(C)(C)N1. The average molecular weight is 310 g/mol. The van der Waals surface area contributed by atoms with Crippen LogP contribution in [0, 0.1) is 0 Å². The Morgan fingerprint density at radius 3 is 2.62 bits per heavy atom. The number of amides is 2. The van der Waals surface area contributed by atoms with Crippen LogP contribution in [0.2, 0.25) is 0 Å². The molecule has 0 aromatic carbocycles. The van der Waals surface area contributed by atoms with Crippen LogP contribution in [0.5, 0.6) is 0 Å². The number of hydrogen-bond acceptors (Lipinski definition) is 4. The van der Waals surface area contributed by atoms with Gasteiger partial charge in [-0.15, -0.1) is 11.3 Å². The standard InChI is InChI=1S/C15H26N4OS/c1-14(2)9-11(10-15(3,4)19-14)18-13(20)17-6-5-12-16-7-8-21-12/h7-8,11,19H,5-6,9-10H2,1-4H3,(H2,17,18,20). The third kappa shape index (κ3) is 5.28. The molecule has 21 heavy (non-hydrogen) atoms. The summed E-state index contributed by atoms with van der Waals surface area (Å²) < 4.78 is 0. The molecule has 2 rings (SSSR count). The van der Waals surface area contributed by atoms with Crippen molar-refractivity contribution in [2.75, 3.05) is 6.54 Å². The van der Waals surface area contributed by atoms with E-state index >= 15 is 0 Å². The lowest BCUT2D eigenvalue weighted by Crippen LogP contribution is -2.62. The highest BCUT2D eigenvalue weighted by Crippen LogP contribution is 2.28. The number of carbonyl (C=O) groups excluding carboxylic acids is 1. The van der Waals surface area contributed by atoms with E-state index in [9.17, 15) is 4.79 Å². The lowest BCUT2D eigenvalue weighted by atomic mass is 9.80. The molecule has 1 aromatic heterocycles. The lowest BCUT2D eigenvalue weighted by molar-refractivity contribution is 0.147. The summed E-state index contributed by atoms with van der Waals surface area (Å²) in [5.41, 5.74) is 0.0845. The molecule has 1 fully saturated rings. The average Bonchev–Trinajstić information content (AvgIpc) is 2.77. The van der Waals surface area contributed by atoms with Crippen LogP contribution in [0.15, 0.2) is 11.6 Å². The second-order valence-corrected chi connectivity index (χ2v) is 8.05. The van der Waals surface area contributed by atoms with Gasteiger partial charge in [0.1, 0.15) is 0 Å². The van der Waals surface area contributed by atoms with Crippen molar-refractivity contribution in [1.82, 2.24) is 20.9 Å². The molecule has 3 N–H and O–H groups in total. The highest BCUT2D eigenvalue weighted by Gasteiger charge is 2.38. The molecule has 1 aromatic rings. The zero-order valence-corrected chi connectivity index (χ0v) is 14.1. The molecule has 0 unspecified atom stereocenters. The van der Waals surface area contributed by atoms with E-state index in [-0.39, 0.29) is 23.2 Å². The molecule has 2 heterocycles. The lowest BCUT2D eigenvalue weighted by Gasteiger charge is -2.46. The van der Waals surface area contributed by atoms with Crippen molar-refractivity contribution in [3.8, 4) is 0 Å². The summed E-state index contributed by atoms with van der Waals surface area (Å²) in [5.74, 6) is 0. The van der Waals surface area contributed by atoms with Crippen molar-refractivity contribution >= 4 is 17.4 Å². The predicted molar refractivity (Wildman–Crippen MR) is 86.7 cm³/mol. The fourth-order valence-electron chi connectivity index (χ4n) is 3.32. The van der Waals surface area contributed by atoms with Gasteiger partial charge in [-0.05, 0) is 40.5 Å². The number of thiazole rings is 1. The molecule has 1 saturated heterocycles. The van der Waals surface area contributed by atoms with Gasteiger partial charge in [-0.2, -0.15) is 0 Å². The number of nitrogens with one attached hydrogen (secondary N) is 3. The minimum Gasteiger partial charge on any atom is -0.338 e. The molecule has 0 aliphatic carbocycles. The third-order valence-corrected chi connectivity index (χ3v) is 4.47. The van der Waals surface area contributed by atoms with Gasteiger partial charge in [-0.1, -0.05) is 0 Å². The van der Waals surface area contributed by atoms with Crippen LogP contribution in [-0.2, 0) is 6.42 Å². The first-order chi connectivity index (χ1) is 9.76. The Morgan fingerprint density at radius 1 is 1.38 bits per heavy atom. The van der Waals surface area contributed by atoms with E-state index in [1.54, 1.807) is 17.5 Å². The van der Waals surface area contributed by atoms with E-state index in [0.29, 0.717) is 6.54 Å². The molecule has 2 amide bonds. The Balaban J connectivity index is 1.76. The molecule has 1 aliphatic heterocycles. The van der Waals surface area contributed by atoms with Gasteiger partial charge in [0, 0.05) is 41.7 Å². The largest absolute Gasteiger partial charge is 0.338 e. The van der Waals surface area contributed by atoms with Gasteiger partial charge in [-0.25, -0.2) is 9.78 Å². The Hall–Kier alpha value is -1.14. The van der Waals surface area contributed by atoms with Crippen LogP contribution in [0.4, 0.5) is 4.79 Å². The topological polar surface area (TPSA) is 66.0 Å². The predicted octanol–water partition coefficient (Wildman–Crippen LogP) is 2.29. The van der Waals surface area contributed by atoms with Crippen LogP contribution in [-0.4, -0.2) is 34.7 Å². The molecule has 1 aliphatic rings. The molecular weight excluding hydrogens is 284 g/mol. The van der Waals surface area contributed by atoms with Crippen molar-refractivity contribution in [2.45, 2.75) is 64.1 Å². The summed E-state index contributed by atoms with van der Waals surface area (Å²) in [5, 5.41) is 12.6. The molecule has 0 spiro atoms. The molecule has 6 heteroatoms. The van der Waals surface area contributed by atoms with Gasteiger partial charge in [0.15, 0.2) is 0 Å². The second-order valence-electron chi connectivity index (χ2n) is 7.07. The monoisotopic (exact) mass is 310 g/mol. The molecular formula is C15H26N4OS. The first kappa shape index (κ1) is 16.2. The Bertz CT molecular complexity index is 454. The number of rotatable bonds is 4. The van der Waals surface area contributed by atoms with Gasteiger partial charge in [-0.3, -0.25) is 0 Å². The van der Waals surface area contributed by atoms with E-state index < -0.39 is 0 Å². The molecule has 0 saturated carbocycles. The van der Waals surface area contributed by atoms with Crippen LogP contribution >= 0.6 is 11.3 Å². The minimum atomic E-state index is -0.0787. The van der Waals surface area contributed by atoms with Gasteiger partial charge in [0.05, 0.1) is 5.01 Å². The molecule has 5 nitrogen and oxygen atoms in total. The quantitative estimate of drug-likeness (QED) is 0.799. The van der Waals surface area contributed by atoms with Crippen molar-refractivity contribution in [2.24, 2.45) is 0 Å². The first-order valence-electron chi connectivity index (χ1n) is 7.48. The van der Waals surface area contributed by atoms with Crippen LogP contribution in [0.3, 0.4) is 0 Å². The summed E-state index contributed by atoms with van der Waals surface area (Å²) in [6.45, 7) is 9.36. The van der Waals surface area contributed by atoms with E-state index in [1.807, 2.05) is 5.38 Å². The number of urea groups is 1. The summed E-state index contributed by atoms with van der Waals surface area (Å²) in [6.07, 6.45) is 4.46. The van der Waals surface area contributed by atoms with Crippen LogP contribution in [0.25, 0.3) is 0 Å². The first-order valence-corrected chi connectivity index (χ1v) is 8.36. The van der Waals surface area contributed by atoms with Crippen molar-refractivity contribution in [3.05, 3.63) is 16.6 Å². The second kappa shape index (κ2) is 6.32. The van der Waals surface area contributed by atoms with E-state index in [0.717, 1.165) is 24.3 Å². The maximum atomic E-state index is 12.0. The molecule has 0 bridgehead atoms. The number of carbonyl (C=O) groups is 1. The maximum absolute atomic E-state index is 12.0. The Morgan fingerprint density at radius 2 is 2.05 bits per heavy atom. The number of aromatic nitrogens is 1.